The van der Waals surface area contributed by atoms with Gasteiger partial charge in [0.25, 0.3) is 0 Å². The molecule has 1 N–H and O–H groups in total. The maximum Gasteiger partial charge on any atom is 0.453 e. The van der Waals surface area contributed by atoms with Crippen LogP contribution in [0, 0.1) is 40.4 Å². The van der Waals surface area contributed by atoms with Crippen molar-refractivity contribution < 1.29 is 36.1 Å². The summed E-state index contributed by atoms with van der Waals surface area (Å²) < 4.78 is 75.1. The van der Waals surface area contributed by atoms with Crippen LogP contribution in [0.4, 0.5) is 22.0 Å². The van der Waals surface area contributed by atoms with E-state index in [-0.39, 0.29) is 22.7 Å². The smallest absolute Gasteiger partial charge is 0.393 e. The molecule has 1 unspecified atom stereocenters. The fraction of sp³-hybridized carbons (Fsp3) is 0.966. The van der Waals surface area contributed by atoms with E-state index in [0.29, 0.717) is 60.4 Å². The van der Waals surface area contributed by atoms with E-state index in [4.69, 9.17) is 0 Å². The molecule has 3 nitrogen and oxygen atoms in total. The van der Waals surface area contributed by atoms with Crippen molar-refractivity contribution >= 4 is 16.6 Å². The molecule has 0 aromatic heterocycles. The molecule has 220 valence electrons. The van der Waals surface area contributed by atoms with Crippen molar-refractivity contribution in [3.63, 3.8) is 0 Å². The molecule has 0 radical (unpaired) electrons. The average Bonchev–Trinajstić information content (AvgIpc) is 3.13. The van der Waals surface area contributed by atoms with E-state index >= 15 is 0 Å². The summed E-state index contributed by atoms with van der Waals surface area (Å²) in [5.41, 5.74) is 0.177. The van der Waals surface area contributed by atoms with Crippen LogP contribution < -0.4 is 0 Å². The van der Waals surface area contributed by atoms with Crippen molar-refractivity contribution in [2.24, 2.45) is 40.4 Å². The number of halogens is 5. The van der Waals surface area contributed by atoms with Crippen LogP contribution in [0.5, 0.6) is 0 Å². The number of alkyl halides is 5. The van der Waals surface area contributed by atoms with Gasteiger partial charge < -0.3 is 5.11 Å². The molecule has 4 rings (SSSR count). The second-order valence-electron chi connectivity index (χ2n) is 13.4. The van der Waals surface area contributed by atoms with Crippen molar-refractivity contribution in [3.05, 3.63) is 0 Å². The second-order valence-corrected chi connectivity index (χ2v) is 15.1. The molecular weight excluding hydrogens is 523 g/mol. The number of hydrogen-bond acceptors (Lipinski definition) is 3. The summed E-state index contributed by atoms with van der Waals surface area (Å²) in [7, 11) is -1.39. The Morgan fingerprint density at radius 2 is 1.61 bits per heavy atom. The first-order chi connectivity index (χ1) is 17.7. The van der Waals surface area contributed by atoms with E-state index in [2.05, 4.69) is 13.8 Å². The number of aliphatic hydroxyl groups excluding tert-OH is 1. The molecule has 0 aromatic rings. The first-order valence-corrected chi connectivity index (χ1v) is 16.2. The predicted molar refractivity (Wildman–Crippen MR) is 138 cm³/mol. The van der Waals surface area contributed by atoms with Gasteiger partial charge in [0.1, 0.15) is 5.78 Å². The summed E-state index contributed by atoms with van der Waals surface area (Å²) in [6.45, 7) is 4.70. The van der Waals surface area contributed by atoms with Crippen molar-refractivity contribution in [2.75, 3.05) is 11.5 Å². The molecule has 0 amide bonds. The van der Waals surface area contributed by atoms with Crippen LogP contribution in [0.1, 0.15) is 104 Å². The third-order valence-electron chi connectivity index (χ3n) is 11.3. The minimum absolute atomic E-state index is 0.0209. The van der Waals surface area contributed by atoms with Gasteiger partial charge >= 0.3 is 12.1 Å². The lowest BCUT2D eigenvalue weighted by atomic mass is 9.42. The van der Waals surface area contributed by atoms with Crippen molar-refractivity contribution in [1.29, 1.82) is 0 Å². The zero-order valence-electron chi connectivity index (χ0n) is 22.8. The van der Waals surface area contributed by atoms with Gasteiger partial charge in [-0.1, -0.05) is 33.1 Å². The molecule has 0 aromatic carbocycles. The van der Waals surface area contributed by atoms with Crippen LogP contribution in [0.25, 0.3) is 0 Å². The SMILES string of the molecule is C[C@]12CCC(=O)C[C@@H]1C[C@@H](CCCCCS(=O)CCCC(F)(F)C(F)(F)F)[C@@H]1[C@@H]2CC[C@]2(C)[C@@H](O)CC[C@@H]12. The van der Waals surface area contributed by atoms with E-state index in [1.165, 1.54) is 0 Å². The number of ketones is 1. The lowest BCUT2D eigenvalue weighted by Gasteiger charge is -2.62. The number of unbranched alkanes of at least 4 members (excludes halogenated alkanes) is 2. The number of carbonyl (C=O) groups is 1. The molecule has 4 fully saturated rings. The quantitative estimate of drug-likeness (QED) is 0.220. The third-order valence-corrected chi connectivity index (χ3v) is 12.8. The Labute approximate surface area is 226 Å². The summed E-state index contributed by atoms with van der Waals surface area (Å²) >= 11 is 0. The number of aliphatic hydroxyl groups is 1. The van der Waals surface area contributed by atoms with Gasteiger partial charge in [0, 0.05) is 41.6 Å². The Bertz CT molecular complexity index is 879. The molecule has 4 aliphatic carbocycles. The monoisotopic (exact) mass is 568 g/mol. The molecule has 4 aliphatic rings. The van der Waals surface area contributed by atoms with Crippen LogP contribution in [0.15, 0.2) is 0 Å². The molecule has 0 saturated heterocycles. The van der Waals surface area contributed by atoms with Crippen LogP contribution in [-0.4, -0.2) is 44.8 Å². The van der Waals surface area contributed by atoms with Gasteiger partial charge in [0.15, 0.2) is 0 Å². The van der Waals surface area contributed by atoms with E-state index in [1.54, 1.807) is 0 Å². The van der Waals surface area contributed by atoms with E-state index in [9.17, 15) is 36.1 Å². The highest BCUT2D eigenvalue weighted by Gasteiger charge is 2.62. The van der Waals surface area contributed by atoms with Crippen molar-refractivity contribution in [3.8, 4) is 0 Å². The molecule has 9 heteroatoms. The van der Waals surface area contributed by atoms with Gasteiger partial charge in [-0.25, -0.2) is 0 Å². The zero-order chi connectivity index (χ0) is 27.9. The number of fused-ring (bicyclic) bond motifs is 5. The number of Topliss-reactive ketones (excluding diaryl/α,β-unsaturated/α-hetero) is 1. The number of rotatable bonds is 10. The number of carbonyl (C=O) groups excluding carboxylic acids is 1. The van der Waals surface area contributed by atoms with Gasteiger partial charge in [-0.15, -0.1) is 0 Å². The topological polar surface area (TPSA) is 54.4 Å². The standard InChI is InChI=1S/C29H45F5O3S/c1-26-13-10-21(35)18-20(26)17-19(25-22-8-9-24(36)27(22,2)14-11-23(25)26)7-4-3-5-15-38(37)16-6-12-28(30,31)29(32,33)34/h19-20,22-25,36H,3-18H2,1-2H3/t19-,20+,22+,23+,24+,25+,26+,27+,38?/m1/s1. The Morgan fingerprint density at radius 1 is 0.921 bits per heavy atom. The molecule has 4 saturated carbocycles. The summed E-state index contributed by atoms with van der Waals surface area (Å²) in [6, 6.07) is 0. The summed E-state index contributed by atoms with van der Waals surface area (Å²) in [4.78, 5) is 12.4. The molecule has 0 heterocycles. The normalized spacial score (nSPS) is 40.4. The van der Waals surface area contributed by atoms with Crippen molar-refractivity contribution in [1.82, 2.24) is 0 Å². The van der Waals surface area contributed by atoms with Gasteiger partial charge in [-0.2, -0.15) is 22.0 Å². The molecule has 0 spiro atoms. The largest absolute Gasteiger partial charge is 0.453 e. The predicted octanol–water partition coefficient (Wildman–Crippen LogP) is 7.47. The first kappa shape index (κ1) is 30.4. The summed E-state index contributed by atoms with van der Waals surface area (Å²) in [5, 5.41) is 10.9. The highest BCUT2D eigenvalue weighted by molar-refractivity contribution is 7.84. The fourth-order valence-electron chi connectivity index (χ4n) is 9.04. The average molecular weight is 569 g/mol. The first-order valence-electron chi connectivity index (χ1n) is 14.7. The highest BCUT2D eigenvalue weighted by Crippen LogP contribution is 2.67. The Balaban J connectivity index is 1.30. The van der Waals surface area contributed by atoms with Gasteiger partial charge in [-0.05, 0) is 91.8 Å². The minimum atomic E-state index is -5.55. The van der Waals surface area contributed by atoms with E-state index < -0.39 is 35.7 Å². The maximum atomic E-state index is 13.0. The van der Waals surface area contributed by atoms with Crippen LogP contribution >= 0.6 is 0 Å². The maximum absolute atomic E-state index is 13.0. The Kier molecular flexibility index (Phi) is 9.09. The lowest BCUT2D eigenvalue weighted by Crippen LogP contribution is -2.57. The third kappa shape index (κ3) is 5.89. The van der Waals surface area contributed by atoms with Gasteiger partial charge in [0.2, 0.25) is 0 Å². The van der Waals surface area contributed by atoms with Crippen LogP contribution in [0.3, 0.4) is 0 Å². The molecular formula is C29H45F5O3S. The second kappa shape index (κ2) is 11.4. The van der Waals surface area contributed by atoms with Crippen LogP contribution in [0.2, 0.25) is 0 Å². The summed E-state index contributed by atoms with van der Waals surface area (Å²) in [5.74, 6) is -1.54. The molecule has 38 heavy (non-hydrogen) atoms. The number of hydrogen-bond donors (Lipinski definition) is 1. The molecule has 0 aliphatic heterocycles. The fourth-order valence-corrected chi connectivity index (χ4v) is 10.2. The van der Waals surface area contributed by atoms with E-state index in [1.807, 2.05) is 0 Å². The molecule has 9 atom stereocenters. The Hall–Kier alpha value is -0.570. The van der Waals surface area contributed by atoms with Gasteiger partial charge in [-0.3, -0.25) is 9.00 Å². The zero-order valence-corrected chi connectivity index (χ0v) is 23.7. The molecule has 0 bridgehead atoms. The lowest BCUT2D eigenvalue weighted by molar-refractivity contribution is -0.284. The summed E-state index contributed by atoms with van der Waals surface area (Å²) in [6.07, 6.45) is 3.55. The Morgan fingerprint density at radius 3 is 2.32 bits per heavy atom. The van der Waals surface area contributed by atoms with Crippen molar-refractivity contribution in [2.45, 2.75) is 122 Å². The highest BCUT2D eigenvalue weighted by atomic mass is 32.2. The van der Waals surface area contributed by atoms with Gasteiger partial charge in [0.05, 0.1) is 6.10 Å². The van der Waals surface area contributed by atoms with E-state index in [0.717, 1.165) is 57.8 Å². The minimum Gasteiger partial charge on any atom is -0.393 e. The van der Waals surface area contributed by atoms with Crippen LogP contribution in [-0.2, 0) is 15.6 Å².